The van der Waals surface area contributed by atoms with Crippen molar-refractivity contribution in [2.24, 2.45) is 0 Å². The molecule has 2 aliphatic rings. The highest BCUT2D eigenvalue weighted by Gasteiger charge is 2.36. The van der Waals surface area contributed by atoms with Crippen LogP contribution in [0.3, 0.4) is 0 Å². The molecule has 1 aromatic carbocycles. The van der Waals surface area contributed by atoms with Gasteiger partial charge in [0.15, 0.2) is 5.78 Å². The Morgan fingerprint density at radius 2 is 2.09 bits per heavy atom. The summed E-state index contributed by atoms with van der Waals surface area (Å²) < 4.78 is 1.61. The first-order valence-corrected chi connectivity index (χ1v) is 7.67. The highest BCUT2D eigenvalue weighted by molar-refractivity contribution is 6.42. The minimum absolute atomic E-state index is 0.117. The summed E-state index contributed by atoms with van der Waals surface area (Å²) in [5, 5.41) is 15.8. The molecule has 0 spiro atoms. The minimum Gasteiger partial charge on any atom is -0.326 e. The number of rotatable bonds is 1. The van der Waals surface area contributed by atoms with Crippen molar-refractivity contribution in [3.8, 4) is 0 Å². The maximum Gasteiger partial charge on any atom is 0.248 e. The Morgan fingerprint density at radius 1 is 1.23 bits per heavy atom. The number of aromatic nitrogens is 4. The topological polar surface area (TPSA) is 72.7 Å². The summed E-state index contributed by atoms with van der Waals surface area (Å²) in [5.74, 6) is 0.649. The molecule has 0 fully saturated rings. The van der Waals surface area contributed by atoms with Crippen molar-refractivity contribution in [2.75, 3.05) is 5.32 Å². The zero-order valence-electron chi connectivity index (χ0n) is 11.4. The van der Waals surface area contributed by atoms with Crippen molar-refractivity contribution in [3.05, 3.63) is 45.1 Å². The molecule has 4 rings (SSSR count). The fourth-order valence-corrected chi connectivity index (χ4v) is 3.31. The Morgan fingerprint density at radius 3 is 2.91 bits per heavy atom. The first-order chi connectivity index (χ1) is 10.6. The van der Waals surface area contributed by atoms with Crippen molar-refractivity contribution in [1.82, 2.24) is 20.2 Å². The molecule has 0 saturated carbocycles. The lowest BCUT2D eigenvalue weighted by Gasteiger charge is -2.31. The molecule has 0 bridgehead atoms. The lowest BCUT2D eigenvalue weighted by molar-refractivity contribution is -0.116. The molecule has 1 aliphatic carbocycles. The first kappa shape index (κ1) is 13.7. The van der Waals surface area contributed by atoms with E-state index < -0.39 is 0 Å². The van der Waals surface area contributed by atoms with Gasteiger partial charge in [-0.15, -0.1) is 0 Å². The molecule has 2 aromatic rings. The Balaban J connectivity index is 1.92. The summed E-state index contributed by atoms with van der Waals surface area (Å²) in [4.78, 5) is 12.5. The zero-order chi connectivity index (χ0) is 15.3. The number of carbonyl (C=O) groups is 1. The number of nitrogens with zero attached hydrogens (tertiary/aromatic N) is 4. The van der Waals surface area contributed by atoms with E-state index in [0.29, 0.717) is 28.0 Å². The van der Waals surface area contributed by atoms with E-state index in [-0.39, 0.29) is 11.8 Å². The monoisotopic (exact) mass is 335 g/mol. The smallest absolute Gasteiger partial charge is 0.248 e. The van der Waals surface area contributed by atoms with E-state index in [1.165, 1.54) is 0 Å². The maximum atomic E-state index is 12.5. The number of hydrogen-bond acceptors (Lipinski definition) is 5. The lowest BCUT2D eigenvalue weighted by atomic mass is 9.85. The van der Waals surface area contributed by atoms with E-state index in [0.717, 1.165) is 24.1 Å². The van der Waals surface area contributed by atoms with Gasteiger partial charge in [-0.25, -0.2) is 0 Å². The average molecular weight is 336 g/mol. The summed E-state index contributed by atoms with van der Waals surface area (Å²) in [5.41, 5.74) is 2.45. The molecule has 1 N–H and O–H groups in total. The van der Waals surface area contributed by atoms with Gasteiger partial charge < -0.3 is 5.32 Å². The molecule has 0 unspecified atom stereocenters. The molecule has 112 valence electrons. The van der Waals surface area contributed by atoms with Crippen molar-refractivity contribution in [3.63, 3.8) is 0 Å². The summed E-state index contributed by atoms with van der Waals surface area (Å²) >= 11 is 12.1. The predicted molar refractivity (Wildman–Crippen MR) is 81.9 cm³/mol. The largest absolute Gasteiger partial charge is 0.326 e. The van der Waals surface area contributed by atoms with E-state index in [9.17, 15) is 4.79 Å². The van der Waals surface area contributed by atoms with Gasteiger partial charge in [0, 0.05) is 17.7 Å². The van der Waals surface area contributed by atoms with Gasteiger partial charge >= 0.3 is 0 Å². The maximum absolute atomic E-state index is 12.5. The third kappa shape index (κ3) is 2.02. The van der Waals surface area contributed by atoms with Crippen molar-refractivity contribution < 1.29 is 4.79 Å². The predicted octanol–water partition coefficient (Wildman–Crippen LogP) is 3.00. The highest BCUT2D eigenvalue weighted by Crippen LogP contribution is 2.40. The second kappa shape index (κ2) is 5.07. The van der Waals surface area contributed by atoms with Crippen LogP contribution in [-0.2, 0) is 4.79 Å². The summed E-state index contributed by atoms with van der Waals surface area (Å²) in [6.45, 7) is 0. The number of allylic oxidation sites excluding steroid dienone is 2. The Kier molecular flexibility index (Phi) is 3.16. The van der Waals surface area contributed by atoms with Gasteiger partial charge in [0.1, 0.15) is 6.04 Å². The Bertz CT molecular complexity index is 813. The summed E-state index contributed by atoms with van der Waals surface area (Å²) in [7, 11) is 0. The fourth-order valence-electron chi connectivity index (χ4n) is 3.01. The van der Waals surface area contributed by atoms with Crippen molar-refractivity contribution in [1.29, 1.82) is 0 Å². The second-order valence-corrected chi connectivity index (χ2v) is 6.13. The standard InChI is InChI=1S/C14H11Cl2N5O/c15-8-5-4-7(6-9(8)16)13-12-10(2-1-3-11(12)22)17-14-18-19-20-21(13)14/h4-6,13H,1-3H2,(H,17,18,20)/t13-/m0/s1. The van der Waals surface area contributed by atoms with Crippen LogP contribution in [0.1, 0.15) is 30.9 Å². The fraction of sp³-hybridized carbons (Fsp3) is 0.286. The molecule has 8 heteroatoms. The molecule has 6 nitrogen and oxygen atoms in total. The molecule has 1 atom stereocenters. The average Bonchev–Trinajstić information content (AvgIpc) is 2.96. The number of anilines is 1. The number of tetrazole rings is 1. The normalized spacial score (nSPS) is 20.5. The van der Waals surface area contributed by atoms with Crippen LogP contribution in [0.25, 0.3) is 0 Å². The Hall–Kier alpha value is -1.92. The summed E-state index contributed by atoms with van der Waals surface area (Å²) in [6.07, 6.45) is 2.18. The Labute approximate surface area is 136 Å². The van der Waals surface area contributed by atoms with Crippen LogP contribution >= 0.6 is 23.2 Å². The molecule has 0 saturated heterocycles. The number of ketones is 1. The number of carbonyl (C=O) groups excluding carboxylic acids is 1. The van der Waals surface area contributed by atoms with Crippen molar-refractivity contribution in [2.45, 2.75) is 25.3 Å². The van der Waals surface area contributed by atoms with E-state index in [1.807, 2.05) is 6.07 Å². The number of halogens is 2. The van der Waals surface area contributed by atoms with Crippen LogP contribution in [0.5, 0.6) is 0 Å². The van der Waals surface area contributed by atoms with E-state index in [1.54, 1.807) is 16.8 Å². The molecule has 1 aliphatic heterocycles. The lowest BCUT2D eigenvalue weighted by Crippen LogP contribution is -2.31. The molecule has 0 radical (unpaired) electrons. The minimum atomic E-state index is -0.371. The number of nitrogens with one attached hydrogen (secondary N) is 1. The van der Waals surface area contributed by atoms with E-state index in [2.05, 4.69) is 20.8 Å². The van der Waals surface area contributed by atoms with Gasteiger partial charge in [-0.05, 0) is 41.0 Å². The second-order valence-electron chi connectivity index (χ2n) is 5.32. The SMILES string of the molecule is O=C1CCCC2=C1[C@H](c1ccc(Cl)c(Cl)c1)n1nnnc1N2. The highest BCUT2D eigenvalue weighted by atomic mass is 35.5. The summed E-state index contributed by atoms with van der Waals surface area (Å²) in [6, 6.07) is 4.96. The molecule has 2 heterocycles. The van der Waals surface area contributed by atoms with Crippen LogP contribution in [0, 0.1) is 0 Å². The van der Waals surface area contributed by atoms with Gasteiger partial charge in [-0.3, -0.25) is 4.79 Å². The number of hydrogen-bond donors (Lipinski definition) is 1. The zero-order valence-corrected chi connectivity index (χ0v) is 12.9. The van der Waals surface area contributed by atoms with Gasteiger partial charge in [0.2, 0.25) is 5.95 Å². The number of benzene rings is 1. The van der Waals surface area contributed by atoms with Gasteiger partial charge in [-0.2, -0.15) is 4.68 Å². The van der Waals surface area contributed by atoms with Crippen LogP contribution in [0.2, 0.25) is 10.0 Å². The van der Waals surface area contributed by atoms with E-state index >= 15 is 0 Å². The van der Waals surface area contributed by atoms with Crippen molar-refractivity contribution >= 4 is 34.9 Å². The van der Waals surface area contributed by atoms with Gasteiger partial charge in [0.05, 0.1) is 10.0 Å². The third-order valence-electron chi connectivity index (χ3n) is 3.99. The quantitative estimate of drug-likeness (QED) is 0.867. The molecule has 0 amide bonds. The molecule has 1 aromatic heterocycles. The van der Waals surface area contributed by atoms with Gasteiger partial charge in [-0.1, -0.05) is 34.4 Å². The molecular formula is C14H11Cl2N5O. The van der Waals surface area contributed by atoms with Crippen LogP contribution < -0.4 is 5.32 Å². The first-order valence-electron chi connectivity index (χ1n) is 6.91. The van der Waals surface area contributed by atoms with E-state index in [4.69, 9.17) is 23.2 Å². The number of Topliss-reactive ketones (excluding diaryl/α,β-unsaturated/α-hetero) is 1. The van der Waals surface area contributed by atoms with Crippen LogP contribution in [-0.4, -0.2) is 26.0 Å². The van der Waals surface area contributed by atoms with Gasteiger partial charge in [0.25, 0.3) is 0 Å². The third-order valence-corrected chi connectivity index (χ3v) is 4.73. The molecule has 22 heavy (non-hydrogen) atoms. The van der Waals surface area contributed by atoms with Crippen LogP contribution in [0.4, 0.5) is 5.95 Å². The van der Waals surface area contributed by atoms with Crippen LogP contribution in [0.15, 0.2) is 29.5 Å². The number of fused-ring (bicyclic) bond motifs is 1. The molecular weight excluding hydrogens is 325 g/mol.